The van der Waals surface area contributed by atoms with E-state index in [2.05, 4.69) is 9.97 Å². The van der Waals surface area contributed by atoms with Crippen LogP contribution in [0.5, 0.6) is 0 Å². The van der Waals surface area contributed by atoms with Gasteiger partial charge in [-0.25, -0.2) is 14.8 Å². The molecule has 0 aliphatic rings. The second-order valence-electron chi connectivity index (χ2n) is 4.70. The predicted molar refractivity (Wildman–Crippen MR) is 75.6 cm³/mol. The average molecular weight is 267 g/mol. The summed E-state index contributed by atoms with van der Waals surface area (Å²) in [6.07, 6.45) is 0. The van der Waals surface area contributed by atoms with Gasteiger partial charge in [0.15, 0.2) is 5.82 Å². The summed E-state index contributed by atoms with van der Waals surface area (Å²) in [7, 11) is 1.90. The Bertz CT molecular complexity index is 821. The summed E-state index contributed by atoms with van der Waals surface area (Å²) >= 11 is 0. The van der Waals surface area contributed by atoms with Gasteiger partial charge in [-0.1, -0.05) is 12.1 Å². The van der Waals surface area contributed by atoms with Crippen molar-refractivity contribution in [2.75, 3.05) is 0 Å². The first-order valence-electron chi connectivity index (χ1n) is 6.20. The summed E-state index contributed by atoms with van der Waals surface area (Å²) in [5.41, 5.74) is 3.31. The standard InChI is InChI=1S/C15H13N3O2/c1-9-7-11(16-12(8-9)15(19)20)14-17-10-5-3-4-6-13(10)18(14)2/h3-8H,1-2H3,(H,19,20). The number of para-hydroxylation sites is 2. The minimum absolute atomic E-state index is 0.0343. The maximum atomic E-state index is 11.1. The molecule has 0 radical (unpaired) electrons. The van der Waals surface area contributed by atoms with E-state index in [1.165, 1.54) is 0 Å². The Kier molecular flexibility index (Phi) is 2.75. The van der Waals surface area contributed by atoms with Crippen LogP contribution in [0.2, 0.25) is 0 Å². The number of carbonyl (C=O) groups is 1. The Balaban J connectivity index is 2.25. The molecule has 0 saturated carbocycles. The number of imidazole rings is 1. The summed E-state index contributed by atoms with van der Waals surface area (Å²) in [5, 5.41) is 9.10. The zero-order chi connectivity index (χ0) is 14.3. The van der Waals surface area contributed by atoms with Crippen molar-refractivity contribution >= 4 is 17.0 Å². The highest BCUT2D eigenvalue weighted by atomic mass is 16.4. The molecule has 0 spiro atoms. The van der Waals surface area contributed by atoms with Gasteiger partial charge in [-0.2, -0.15) is 0 Å². The van der Waals surface area contributed by atoms with Crippen molar-refractivity contribution in [2.45, 2.75) is 6.92 Å². The molecule has 0 atom stereocenters. The zero-order valence-corrected chi connectivity index (χ0v) is 11.2. The molecular weight excluding hydrogens is 254 g/mol. The van der Waals surface area contributed by atoms with Crippen molar-refractivity contribution in [1.29, 1.82) is 0 Å². The van der Waals surface area contributed by atoms with Gasteiger partial charge in [0.25, 0.3) is 0 Å². The van der Waals surface area contributed by atoms with Gasteiger partial charge in [-0.3, -0.25) is 0 Å². The molecule has 0 amide bonds. The molecule has 1 aromatic carbocycles. The van der Waals surface area contributed by atoms with Crippen LogP contribution in [0, 0.1) is 6.92 Å². The molecule has 0 unspecified atom stereocenters. The first-order chi connectivity index (χ1) is 9.56. The van der Waals surface area contributed by atoms with Gasteiger partial charge >= 0.3 is 5.97 Å². The highest BCUT2D eigenvalue weighted by molar-refractivity contribution is 5.86. The maximum Gasteiger partial charge on any atom is 0.354 e. The average Bonchev–Trinajstić information content (AvgIpc) is 2.76. The Morgan fingerprint density at radius 3 is 2.65 bits per heavy atom. The number of carboxylic acids is 1. The Morgan fingerprint density at radius 1 is 1.20 bits per heavy atom. The van der Waals surface area contributed by atoms with Crippen LogP contribution in [0.1, 0.15) is 16.1 Å². The van der Waals surface area contributed by atoms with Crippen molar-refractivity contribution in [3.8, 4) is 11.5 Å². The van der Waals surface area contributed by atoms with Gasteiger partial charge < -0.3 is 9.67 Å². The molecule has 0 bridgehead atoms. The Hall–Kier alpha value is -2.69. The van der Waals surface area contributed by atoms with Crippen molar-refractivity contribution < 1.29 is 9.90 Å². The lowest BCUT2D eigenvalue weighted by molar-refractivity contribution is 0.0690. The number of benzene rings is 1. The smallest absolute Gasteiger partial charge is 0.354 e. The normalized spacial score (nSPS) is 10.9. The van der Waals surface area contributed by atoms with Gasteiger partial charge in [0.05, 0.1) is 11.0 Å². The molecular formula is C15H13N3O2. The SMILES string of the molecule is Cc1cc(C(=O)O)nc(-c2nc3ccccc3n2C)c1. The molecule has 3 aromatic rings. The largest absolute Gasteiger partial charge is 0.477 e. The molecule has 20 heavy (non-hydrogen) atoms. The van der Waals surface area contributed by atoms with Gasteiger partial charge in [0.2, 0.25) is 0 Å². The highest BCUT2D eigenvalue weighted by Gasteiger charge is 2.14. The summed E-state index contributed by atoms with van der Waals surface area (Å²) in [5.74, 6) is -0.369. The number of aromatic carboxylic acids is 1. The van der Waals surface area contributed by atoms with E-state index in [0.717, 1.165) is 16.6 Å². The monoisotopic (exact) mass is 267 g/mol. The molecule has 0 fully saturated rings. The third-order valence-corrected chi connectivity index (χ3v) is 3.21. The number of carboxylic acid groups (broad SMARTS) is 1. The number of aromatic nitrogens is 3. The zero-order valence-electron chi connectivity index (χ0n) is 11.2. The minimum Gasteiger partial charge on any atom is -0.477 e. The summed E-state index contributed by atoms with van der Waals surface area (Å²) in [4.78, 5) is 19.8. The quantitative estimate of drug-likeness (QED) is 0.775. The molecule has 2 heterocycles. The van der Waals surface area contributed by atoms with Crippen LogP contribution in [-0.2, 0) is 7.05 Å². The minimum atomic E-state index is -1.03. The first kappa shape index (κ1) is 12.3. The number of fused-ring (bicyclic) bond motifs is 1. The molecule has 100 valence electrons. The molecule has 5 heteroatoms. The summed E-state index contributed by atoms with van der Waals surface area (Å²) < 4.78 is 1.92. The van der Waals surface area contributed by atoms with E-state index in [1.54, 1.807) is 6.07 Å². The van der Waals surface area contributed by atoms with E-state index >= 15 is 0 Å². The van der Waals surface area contributed by atoms with Crippen LogP contribution in [0.15, 0.2) is 36.4 Å². The molecule has 0 aliphatic heterocycles. The second kappa shape index (κ2) is 4.45. The van der Waals surface area contributed by atoms with E-state index in [0.29, 0.717) is 11.5 Å². The lowest BCUT2D eigenvalue weighted by Crippen LogP contribution is -2.04. The molecule has 5 nitrogen and oxygen atoms in total. The molecule has 3 rings (SSSR count). The first-order valence-corrected chi connectivity index (χ1v) is 6.20. The van der Waals surface area contributed by atoms with Crippen LogP contribution in [0.4, 0.5) is 0 Å². The fraction of sp³-hybridized carbons (Fsp3) is 0.133. The highest BCUT2D eigenvalue weighted by Crippen LogP contribution is 2.23. The van der Waals surface area contributed by atoms with E-state index < -0.39 is 5.97 Å². The van der Waals surface area contributed by atoms with Crippen LogP contribution < -0.4 is 0 Å². The summed E-state index contributed by atoms with van der Waals surface area (Å²) in [6, 6.07) is 11.2. The van der Waals surface area contributed by atoms with Crippen molar-refractivity contribution in [3.05, 3.63) is 47.7 Å². The van der Waals surface area contributed by atoms with Crippen LogP contribution in [0.3, 0.4) is 0 Å². The van der Waals surface area contributed by atoms with Gasteiger partial charge in [-0.05, 0) is 36.8 Å². The summed E-state index contributed by atoms with van der Waals surface area (Å²) in [6.45, 7) is 1.85. The maximum absolute atomic E-state index is 11.1. The van der Waals surface area contributed by atoms with E-state index in [1.807, 2.05) is 48.9 Å². The number of pyridine rings is 1. The third-order valence-electron chi connectivity index (χ3n) is 3.21. The van der Waals surface area contributed by atoms with Gasteiger partial charge in [0.1, 0.15) is 11.4 Å². The van der Waals surface area contributed by atoms with Crippen LogP contribution in [0.25, 0.3) is 22.6 Å². The van der Waals surface area contributed by atoms with Crippen LogP contribution >= 0.6 is 0 Å². The van der Waals surface area contributed by atoms with Crippen LogP contribution in [-0.4, -0.2) is 25.6 Å². The van der Waals surface area contributed by atoms with E-state index in [9.17, 15) is 4.79 Å². The predicted octanol–water partition coefficient (Wildman–Crippen LogP) is 2.64. The number of nitrogens with zero attached hydrogens (tertiary/aromatic N) is 3. The van der Waals surface area contributed by atoms with Crippen molar-refractivity contribution in [2.24, 2.45) is 7.05 Å². The van der Waals surface area contributed by atoms with Crippen molar-refractivity contribution in [1.82, 2.24) is 14.5 Å². The lowest BCUT2D eigenvalue weighted by Gasteiger charge is -2.04. The number of hydrogen-bond acceptors (Lipinski definition) is 3. The number of rotatable bonds is 2. The fourth-order valence-electron chi connectivity index (χ4n) is 2.27. The molecule has 2 aromatic heterocycles. The van der Waals surface area contributed by atoms with Crippen molar-refractivity contribution in [3.63, 3.8) is 0 Å². The third kappa shape index (κ3) is 1.93. The second-order valence-corrected chi connectivity index (χ2v) is 4.70. The van der Waals surface area contributed by atoms with E-state index in [4.69, 9.17) is 5.11 Å². The Labute approximate surface area is 115 Å². The Morgan fingerprint density at radius 2 is 1.95 bits per heavy atom. The molecule has 1 N–H and O–H groups in total. The molecule has 0 aliphatic carbocycles. The van der Waals surface area contributed by atoms with E-state index in [-0.39, 0.29) is 5.69 Å². The number of aryl methyl sites for hydroxylation is 2. The topological polar surface area (TPSA) is 68.0 Å². The lowest BCUT2D eigenvalue weighted by atomic mass is 10.2. The van der Waals surface area contributed by atoms with Gasteiger partial charge in [-0.15, -0.1) is 0 Å². The molecule has 0 saturated heterocycles. The van der Waals surface area contributed by atoms with Gasteiger partial charge in [0, 0.05) is 7.05 Å². The number of hydrogen-bond donors (Lipinski definition) is 1. The fourth-order valence-corrected chi connectivity index (χ4v) is 2.27.